The fraction of sp³-hybridized carbons (Fsp3) is 0. The normalized spacial score (nSPS) is 10.9. The van der Waals surface area contributed by atoms with Crippen LogP contribution in [0.15, 0.2) is 66.9 Å². The van der Waals surface area contributed by atoms with Crippen LogP contribution in [0.3, 0.4) is 0 Å². The summed E-state index contributed by atoms with van der Waals surface area (Å²) in [6.45, 7) is 0. The summed E-state index contributed by atoms with van der Waals surface area (Å²) in [5.41, 5.74) is 3.27. The number of ether oxygens (including phenoxy) is 1. The van der Waals surface area contributed by atoms with Crippen LogP contribution in [0.1, 0.15) is 0 Å². The molecule has 2 aromatic carbocycles. The van der Waals surface area contributed by atoms with Gasteiger partial charge in [0.2, 0.25) is 5.88 Å². The van der Waals surface area contributed by atoms with Crippen LogP contribution >= 0.6 is 0 Å². The molecule has 0 unspecified atom stereocenters. The zero-order chi connectivity index (χ0) is 14.1. The van der Waals surface area contributed by atoms with Gasteiger partial charge in [-0.05, 0) is 30.3 Å². The van der Waals surface area contributed by atoms with Crippen molar-refractivity contribution in [3.8, 4) is 11.6 Å². The minimum absolute atomic E-state index is 0.542. The topological polar surface area (TPSA) is 47.9 Å². The molecule has 4 heteroatoms. The van der Waals surface area contributed by atoms with E-state index in [0.717, 1.165) is 22.1 Å². The molecule has 0 amide bonds. The third-order valence-electron chi connectivity index (χ3n) is 3.18. The Hall–Kier alpha value is -3.01. The standard InChI is InChI=1S/C17H11N3O/c1-2-7-13-12(6-1)19-14-8-5-9-15(17(14)20-13)21-16-10-3-4-11-18-16/h1-11H. The second-order valence-corrected chi connectivity index (χ2v) is 4.61. The molecule has 0 saturated carbocycles. The van der Waals surface area contributed by atoms with Crippen molar-refractivity contribution >= 4 is 22.1 Å². The molecule has 0 spiro atoms. The Morgan fingerprint density at radius 2 is 1.43 bits per heavy atom. The van der Waals surface area contributed by atoms with Gasteiger partial charge in [0.25, 0.3) is 0 Å². The number of hydrogen-bond donors (Lipinski definition) is 0. The molecule has 2 aromatic heterocycles. The smallest absolute Gasteiger partial charge is 0.219 e. The minimum Gasteiger partial charge on any atom is -0.437 e. The highest BCUT2D eigenvalue weighted by molar-refractivity contribution is 5.89. The third-order valence-corrected chi connectivity index (χ3v) is 3.18. The first-order chi connectivity index (χ1) is 10.4. The van der Waals surface area contributed by atoms with E-state index in [0.29, 0.717) is 11.6 Å². The predicted octanol–water partition coefficient (Wildman–Crippen LogP) is 3.97. The zero-order valence-electron chi connectivity index (χ0n) is 11.1. The molecular formula is C17H11N3O. The van der Waals surface area contributed by atoms with E-state index < -0.39 is 0 Å². The largest absolute Gasteiger partial charge is 0.437 e. The summed E-state index contributed by atoms with van der Waals surface area (Å²) in [6, 6.07) is 19.1. The number of hydrogen-bond acceptors (Lipinski definition) is 4. The number of para-hydroxylation sites is 3. The van der Waals surface area contributed by atoms with Crippen molar-refractivity contribution in [2.75, 3.05) is 0 Å². The number of pyridine rings is 1. The average Bonchev–Trinajstić information content (AvgIpc) is 2.54. The van der Waals surface area contributed by atoms with Crippen LogP contribution < -0.4 is 4.74 Å². The molecule has 0 radical (unpaired) electrons. The van der Waals surface area contributed by atoms with Crippen LogP contribution in [0, 0.1) is 0 Å². The lowest BCUT2D eigenvalue weighted by atomic mass is 10.2. The van der Waals surface area contributed by atoms with E-state index in [9.17, 15) is 0 Å². The summed E-state index contributed by atoms with van der Waals surface area (Å²) in [5.74, 6) is 1.20. The summed E-state index contributed by atoms with van der Waals surface area (Å²) in [4.78, 5) is 13.4. The molecule has 21 heavy (non-hydrogen) atoms. The molecule has 0 atom stereocenters. The van der Waals surface area contributed by atoms with Gasteiger partial charge in [-0.2, -0.15) is 0 Å². The highest BCUT2D eigenvalue weighted by Crippen LogP contribution is 2.28. The van der Waals surface area contributed by atoms with Gasteiger partial charge in [0.15, 0.2) is 5.75 Å². The van der Waals surface area contributed by atoms with Gasteiger partial charge < -0.3 is 4.74 Å². The molecule has 0 saturated heterocycles. The first-order valence-corrected chi connectivity index (χ1v) is 6.64. The van der Waals surface area contributed by atoms with E-state index in [1.165, 1.54) is 0 Å². The second kappa shape index (κ2) is 4.83. The van der Waals surface area contributed by atoms with Crippen LogP contribution in [0.4, 0.5) is 0 Å². The number of benzene rings is 2. The maximum absolute atomic E-state index is 5.83. The molecule has 4 aromatic rings. The van der Waals surface area contributed by atoms with E-state index in [1.54, 1.807) is 6.20 Å². The monoisotopic (exact) mass is 273 g/mol. The van der Waals surface area contributed by atoms with Gasteiger partial charge >= 0.3 is 0 Å². The van der Waals surface area contributed by atoms with Crippen molar-refractivity contribution < 1.29 is 4.74 Å². The summed E-state index contributed by atoms with van der Waals surface area (Å²) in [6.07, 6.45) is 1.70. The molecule has 0 aliphatic heterocycles. The SMILES string of the molecule is c1ccc(Oc2cccc3nc4ccccc4nc23)nc1. The van der Waals surface area contributed by atoms with Crippen molar-refractivity contribution in [2.45, 2.75) is 0 Å². The van der Waals surface area contributed by atoms with E-state index in [2.05, 4.69) is 15.0 Å². The average molecular weight is 273 g/mol. The lowest BCUT2D eigenvalue weighted by molar-refractivity contribution is 0.467. The minimum atomic E-state index is 0.542. The summed E-state index contributed by atoms with van der Waals surface area (Å²) in [5, 5.41) is 0. The van der Waals surface area contributed by atoms with Gasteiger partial charge in [-0.1, -0.05) is 24.3 Å². The van der Waals surface area contributed by atoms with Crippen molar-refractivity contribution in [3.05, 3.63) is 66.9 Å². The Bertz CT molecular complexity index is 923. The van der Waals surface area contributed by atoms with Gasteiger partial charge in [0.1, 0.15) is 5.52 Å². The Morgan fingerprint density at radius 3 is 2.24 bits per heavy atom. The molecule has 0 aliphatic carbocycles. The fourth-order valence-corrected chi connectivity index (χ4v) is 2.22. The maximum atomic E-state index is 5.83. The van der Waals surface area contributed by atoms with E-state index in [-0.39, 0.29) is 0 Å². The number of aromatic nitrogens is 3. The zero-order valence-corrected chi connectivity index (χ0v) is 11.1. The van der Waals surface area contributed by atoms with Gasteiger partial charge in [-0.25, -0.2) is 15.0 Å². The van der Waals surface area contributed by atoms with E-state index in [4.69, 9.17) is 4.74 Å². The number of nitrogens with zero attached hydrogens (tertiary/aromatic N) is 3. The van der Waals surface area contributed by atoms with Crippen LogP contribution in [0.2, 0.25) is 0 Å². The van der Waals surface area contributed by atoms with Crippen molar-refractivity contribution in [2.24, 2.45) is 0 Å². The second-order valence-electron chi connectivity index (χ2n) is 4.61. The molecule has 4 rings (SSSR count). The maximum Gasteiger partial charge on any atom is 0.219 e. The quantitative estimate of drug-likeness (QED) is 0.518. The van der Waals surface area contributed by atoms with Crippen LogP contribution in [-0.2, 0) is 0 Å². The van der Waals surface area contributed by atoms with Crippen LogP contribution in [0.5, 0.6) is 11.6 Å². The van der Waals surface area contributed by atoms with E-state index in [1.807, 2.05) is 60.7 Å². The number of rotatable bonds is 2. The molecule has 0 N–H and O–H groups in total. The van der Waals surface area contributed by atoms with E-state index >= 15 is 0 Å². The van der Waals surface area contributed by atoms with Crippen LogP contribution in [0.25, 0.3) is 22.1 Å². The van der Waals surface area contributed by atoms with Crippen molar-refractivity contribution in [1.29, 1.82) is 0 Å². The lowest BCUT2D eigenvalue weighted by Crippen LogP contribution is -1.92. The van der Waals surface area contributed by atoms with Gasteiger partial charge in [0.05, 0.1) is 16.6 Å². The molecule has 0 bridgehead atoms. The van der Waals surface area contributed by atoms with Gasteiger partial charge in [-0.3, -0.25) is 0 Å². The lowest BCUT2D eigenvalue weighted by Gasteiger charge is -2.07. The Morgan fingerprint density at radius 1 is 0.667 bits per heavy atom. The van der Waals surface area contributed by atoms with Crippen LogP contribution in [-0.4, -0.2) is 15.0 Å². The predicted molar refractivity (Wildman–Crippen MR) is 81.4 cm³/mol. The molecular weight excluding hydrogens is 262 g/mol. The highest BCUT2D eigenvalue weighted by atomic mass is 16.5. The van der Waals surface area contributed by atoms with Gasteiger partial charge in [0, 0.05) is 12.3 Å². The van der Waals surface area contributed by atoms with Gasteiger partial charge in [-0.15, -0.1) is 0 Å². The molecule has 4 nitrogen and oxygen atoms in total. The molecule has 0 fully saturated rings. The van der Waals surface area contributed by atoms with Crippen molar-refractivity contribution in [3.63, 3.8) is 0 Å². The first kappa shape index (κ1) is 11.8. The summed E-state index contributed by atoms with van der Waals surface area (Å²) in [7, 11) is 0. The summed E-state index contributed by atoms with van der Waals surface area (Å²) < 4.78 is 5.83. The Kier molecular flexibility index (Phi) is 2.71. The first-order valence-electron chi connectivity index (χ1n) is 6.64. The Labute approximate surface area is 121 Å². The fourth-order valence-electron chi connectivity index (χ4n) is 2.22. The number of fused-ring (bicyclic) bond motifs is 2. The highest BCUT2D eigenvalue weighted by Gasteiger charge is 2.08. The molecule has 2 heterocycles. The Balaban J connectivity index is 1.90. The third kappa shape index (κ3) is 2.17. The van der Waals surface area contributed by atoms with Crippen molar-refractivity contribution in [1.82, 2.24) is 15.0 Å². The summed E-state index contributed by atoms with van der Waals surface area (Å²) >= 11 is 0. The molecule has 0 aliphatic rings. The molecule has 100 valence electrons.